The molecule has 0 bridgehead atoms. The maximum atomic E-state index is 13.1. The molecule has 21 heavy (non-hydrogen) atoms. The van der Waals surface area contributed by atoms with Crippen molar-refractivity contribution in [3.8, 4) is 0 Å². The van der Waals surface area contributed by atoms with Crippen LogP contribution in [-0.2, 0) is 6.54 Å². The van der Waals surface area contributed by atoms with E-state index in [4.69, 9.17) is 0 Å². The number of rotatable bonds is 6. The van der Waals surface area contributed by atoms with Gasteiger partial charge in [-0.25, -0.2) is 18.7 Å². The smallest absolute Gasteiger partial charge is 0.293 e. The monoisotopic (exact) mass is 313 g/mol. The molecule has 0 atom stereocenters. The Hall–Kier alpha value is -1.96. The van der Waals surface area contributed by atoms with Gasteiger partial charge in [-0.2, -0.15) is 0 Å². The van der Waals surface area contributed by atoms with Crippen LogP contribution in [0.4, 0.5) is 8.78 Å². The van der Waals surface area contributed by atoms with Gasteiger partial charge in [-0.15, -0.1) is 5.10 Å². The van der Waals surface area contributed by atoms with E-state index in [-0.39, 0.29) is 22.8 Å². The van der Waals surface area contributed by atoms with Crippen LogP contribution in [0.2, 0.25) is 0 Å². The summed E-state index contributed by atoms with van der Waals surface area (Å²) in [6.07, 6.45) is 0.754. The number of hydrogen-bond acceptors (Lipinski definition) is 4. The van der Waals surface area contributed by atoms with Crippen molar-refractivity contribution in [2.24, 2.45) is 0 Å². The molecular formula is C13H13F2N3O2S. The number of carbonyl (C=O) groups is 1. The van der Waals surface area contributed by atoms with Crippen LogP contribution in [-0.4, -0.2) is 26.3 Å². The van der Waals surface area contributed by atoms with Gasteiger partial charge in [0, 0.05) is 12.1 Å². The summed E-state index contributed by atoms with van der Waals surface area (Å²) in [6.45, 7) is 2.41. The predicted molar refractivity (Wildman–Crippen MR) is 74.6 cm³/mol. The molecule has 0 saturated carbocycles. The lowest BCUT2D eigenvalue weighted by Crippen LogP contribution is -2.17. The van der Waals surface area contributed by atoms with Gasteiger partial charge in [0.05, 0.1) is 5.75 Å². The number of aromatic amines is 1. The number of benzene rings is 1. The quantitative estimate of drug-likeness (QED) is 0.656. The van der Waals surface area contributed by atoms with E-state index in [1.165, 1.54) is 10.6 Å². The number of ketones is 1. The van der Waals surface area contributed by atoms with Gasteiger partial charge in [-0.1, -0.05) is 18.7 Å². The molecule has 0 amide bonds. The van der Waals surface area contributed by atoms with E-state index >= 15 is 0 Å². The minimum Gasteiger partial charge on any atom is -0.293 e. The molecule has 8 heteroatoms. The lowest BCUT2D eigenvalue weighted by Gasteiger charge is -2.04. The molecule has 0 aliphatic heterocycles. The fourth-order valence-electron chi connectivity index (χ4n) is 1.72. The van der Waals surface area contributed by atoms with Crippen molar-refractivity contribution < 1.29 is 13.6 Å². The minimum absolute atomic E-state index is 0.0148. The van der Waals surface area contributed by atoms with Crippen LogP contribution in [0, 0.1) is 11.6 Å². The van der Waals surface area contributed by atoms with Gasteiger partial charge >= 0.3 is 5.69 Å². The standard InChI is InChI=1S/C13H13F2N3O2S/c1-2-5-18-12(20)16-17-13(18)21-7-11(19)8-3-4-9(14)10(15)6-8/h3-4,6H,2,5,7H2,1H3,(H,16,20). The average Bonchev–Trinajstić information content (AvgIpc) is 2.81. The fraction of sp³-hybridized carbons (Fsp3) is 0.308. The molecule has 1 aromatic heterocycles. The second kappa shape index (κ2) is 6.66. The van der Waals surface area contributed by atoms with Crippen molar-refractivity contribution in [2.45, 2.75) is 25.0 Å². The summed E-state index contributed by atoms with van der Waals surface area (Å²) in [5.74, 6) is -2.44. The van der Waals surface area contributed by atoms with Crippen molar-refractivity contribution in [3.63, 3.8) is 0 Å². The zero-order chi connectivity index (χ0) is 15.4. The summed E-state index contributed by atoms with van der Waals surface area (Å²) in [7, 11) is 0. The molecule has 0 fully saturated rings. The normalized spacial score (nSPS) is 10.8. The topological polar surface area (TPSA) is 67.8 Å². The predicted octanol–water partition coefficient (Wildman–Crippen LogP) is 2.23. The van der Waals surface area contributed by atoms with Gasteiger partial charge in [-0.3, -0.25) is 9.36 Å². The molecule has 0 aliphatic rings. The minimum atomic E-state index is -1.06. The molecular weight excluding hydrogens is 300 g/mol. The van der Waals surface area contributed by atoms with Gasteiger partial charge < -0.3 is 0 Å². The largest absolute Gasteiger partial charge is 0.343 e. The van der Waals surface area contributed by atoms with E-state index in [9.17, 15) is 18.4 Å². The summed E-state index contributed by atoms with van der Waals surface area (Å²) < 4.78 is 27.3. The Morgan fingerprint density at radius 1 is 1.38 bits per heavy atom. The zero-order valence-corrected chi connectivity index (χ0v) is 12.0. The summed E-state index contributed by atoms with van der Waals surface area (Å²) in [4.78, 5) is 23.4. The van der Waals surface area contributed by atoms with E-state index in [2.05, 4.69) is 10.2 Å². The van der Waals surface area contributed by atoms with E-state index < -0.39 is 11.6 Å². The third-order valence-electron chi connectivity index (χ3n) is 2.74. The van der Waals surface area contributed by atoms with Crippen LogP contribution in [0.5, 0.6) is 0 Å². The zero-order valence-electron chi connectivity index (χ0n) is 11.2. The maximum Gasteiger partial charge on any atom is 0.343 e. The van der Waals surface area contributed by atoms with E-state index in [0.29, 0.717) is 11.7 Å². The number of nitrogens with one attached hydrogen (secondary N) is 1. The van der Waals surface area contributed by atoms with Gasteiger partial charge in [0.1, 0.15) is 0 Å². The van der Waals surface area contributed by atoms with Crippen LogP contribution in [0.25, 0.3) is 0 Å². The number of carbonyl (C=O) groups excluding carboxylic acids is 1. The molecule has 0 spiro atoms. The van der Waals surface area contributed by atoms with Gasteiger partial charge in [0.2, 0.25) is 0 Å². The third-order valence-corrected chi connectivity index (χ3v) is 3.72. The Bertz CT molecular complexity index is 712. The van der Waals surface area contributed by atoms with Crippen LogP contribution >= 0.6 is 11.8 Å². The lowest BCUT2D eigenvalue weighted by atomic mass is 10.1. The Morgan fingerprint density at radius 2 is 2.14 bits per heavy atom. The molecule has 2 rings (SSSR count). The number of H-pyrrole nitrogens is 1. The molecule has 1 N–H and O–H groups in total. The Labute approximate surface area is 123 Å². The van der Waals surface area contributed by atoms with Crippen molar-refractivity contribution in [1.82, 2.24) is 14.8 Å². The van der Waals surface area contributed by atoms with Crippen molar-refractivity contribution in [1.29, 1.82) is 0 Å². The number of halogens is 2. The molecule has 2 aromatic rings. The Kier molecular flexibility index (Phi) is 4.89. The summed E-state index contributed by atoms with van der Waals surface area (Å²) in [5, 5.41) is 6.55. The second-order valence-electron chi connectivity index (χ2n) is 4.30. The van der Waals surface area contributed by atoms with Crippen molar-refractivity contribution in [3.05, 3.63) is 45.9 Å². The average molecular weight is 313 g/mol. The highest BCUT2D eigenvalue weighted by Gasteiger charge is 2.13. The maximum absolute atomic E-state index is 13.1. The first-order chi connectivity index (χ1) is 10.0. The lowest BCUT2D eigenvalue weighted by molar-refractivity contribution is 0.102. The molecule has 1 aromatic carbocycles. The summed E-state index contributed by atoms with van der Waals surface area (Å²) >= 11 is 1.08. The number of thioether (sulfide) groups is 1. The molecule has 5 nitrogen and oxygen atoms in total. The third kappa shape index (κ3) is 3.57. The summed E-state index contributed by atoms with van der Waals surface area (Å²) in [6, 6.07) is 3.00. The first-order valence-corrected chi connectivity index (χ1v) is 7.27. The molecule has 1 heterocycles. The van der Waals surface area contributed by atoms with Crippen molar-refractivity contribution >= 4 is 17.5 Å². The van der Waals surface area contributed by atoms with Crippen LogP contribution in [0.15, 0.2) is 28.2 Å². The van der Waals surface area contributed by atoms with E-state index in [1.54, 1.807) is 0 Å². The molecule has 0 radical (unpaired) electrons. The number of hydrogen-bond donors (Lipinski definition) is 1. The van der Waals surface area contributed by atoms with Crippen LogP contribution in [0.1, 0.15) is 23.7 Å². The van der Waals surface area contributed by atoms with Gasteiger partial charge in [0.15, 0.2) is 22.6 Å². The molecule has 0 saturated heterocycles. The van der Waals surface area contributed by atoms with E-state index in [0.717, 1.165) is 30.3 Å². The highest BCUT2D eigenvalue weighted by atomic mass is 32.2. The summed E-state index contributed by atoms with van der Waals surface area (Å²) in [5.41, 5.74) is -0.249. The Morgan fingerprint density at radius 3 is 2.81 bits per heavy atom. The highest BCUT2D eigenvalue weighted by molar-refractivity contribution is 7.99. The van der Waals surface area contributed by atoms with Gasteiger partial charge in [0.25, 0.3) is 0 Å². The van der Waals surface area contributed by atoms with Crippen LogP contribution in [0.3, 0.4) is 0 Å². The number of Topliss-reactive ketones (excluding diaryl/α,β-unsaturated/α-hetero) is 1. The highest BCUT2D eigenvalue weighted by Crippen LogP contribution is 2.17. The first-order valence-electron chi connectivity index (χ1n) is 6.29. The fourth-order valence-corrected chi connectivity index (χ4v) is 2.58. The molecule has 0 aliphatic carbocycles. The van der Waals surface area contributed by atoms with E-state index in [1.807, 2.05) is 6.92 Å². The van der Waals surface area contributed by atoms with Crippen molar-refractivity contribution in [2.75, 3.05) is 5.75 Å². The second-order valence-corrected chi connectivity index (χ2v) is 5.25. The van der Waals surface area contributed by atoms with Crippen LogP contribution < -0.4 is 5.69 Å². The molecule has 112 valence electrons. The Balaban J connectivity index is 2.07. The SMILES string of the molecule is CCCn1c(SCC(=O)c2ccc(F)c(F)c2)n[nH]c1=O. The number of aromatic nitrogens is 3. The number of nitrogens with zero attached hydrogens (tertiary/aromatic N) is 2. The molecule has 0 unspecified atom stereocenters. The first kappa shape index (κ1) is 15.4. The van der Waals surface area contributed by atoms with Gasteiger partial charge in [-0.05, 0) is 24.6 Å².